The van der Waals surface area contributed by atoms with Crippen molar-refractivity contribution in [2.75, 3.05) is 37.0 Å². The standard InChI is InChI=1S/6C5H13O2P.Mo/c6*1-2-3-4-5-8(6)7;/h6*8H,2-5H2,1H3,(H,6,7);/q;;;;;;+6/p-6. The van der Waals surface area contributed by atoms with Crippen LogP contribution in [0.4, 0.5) is 0 Å². The zero-order chi connectivity index (χ0) is 38.4. The minimum absolute atomic E-state index is 0. The first-order chi connectivity index (χ1) is 22.6. The molecule has 0 bridgehead atoms. The molecule has 0 spiro atoms. The molecule has 0 heterocycles. The van der Waals surface area contributed by atoms with Crippen LogP contribution in [0.15, 0.2) is 0 Å². The van der Waals surface area contributed by atoms with Gasteiger partial charge in [0.05, 0.1) is 0 Å². The summed E-state index contributed by atoms with van der Waals surface area (Å²) >= 11 is 0. The monoisotopic (exact) mass is 908 g/mol. The molecule has 0 aliphatic carbocycles. The number of rotatable bonds is 24. The van der Waals surface area contributed by atoms with Gasteiger partial charge in [0.25, 0.3) is 0 Å². The quantitative estimate of drug-likeness (QED) is 0.0609. The molecule has 0 aliphatic rings. The van der Waals surface area contributed by atoms with Crippen molar-refractivity contribution in [1.29, 1.82) is 0 Å². The maximum atomic E-state index is 9.95. The molecule has 0 radical (unpaired) electrons. The first kappa shape index (κ1) is 65.7. The molecule has 6 atom stereocenters. The topological polar surface area (TPSA) is 241 Å². The van der Waals surface area contributed by atoms with E-state index in [0.29, 0.717) is 37.0 Å². The maximum absolute atomic E-state index is 9.95. The largest absolute Gasteiger partial charge is 6.00 e. The van der Waals surface area contributed by atoms with Gasteiger partial charge in [-0.05, 0) is 75.5 Å². The van der Waals surface area contributed by atoms with Crippen molar-refractivity contribution in [1.82, 2.24) is 0 Å². The number of hydrogen-bond donors (Lipinski definition) is 0. The van der Waals surface area contributed by atoms with Gasteiger partial charge in [-0.25, -0.2) is 0 Å². The summed E-state index contributed by atoms with van der Waals surface area (Å²) in [6.45, 7) is 12.3. The summed E-state index contributed by atoms with van der Waals surface area (Å²) in [7, 11) is -14.4. The SMILES string of the molecule is CCCCC[PH](=O)[O-].CCCCC[PH](=O)[O-].CCCCC[PH](=O)[O-].CCCCC[PH](=O)[O-].CCCCC[PH](=O)[O-].CCCCC[PH](=O)[O-].[Mo+6]. The van der Waals surface area contributed by atoms with Crippen molar-refractivity contribution in [2.24, 2.45) is 0 Å². The summed E-state index contributed by atoms with van der Waals surface area (Å²) in [6, 6.07) is 0. The van der Waals surface area contributed by atoms with Crippen LogP contribution in [0.1, 0.15) is 157 Å². The molecular formula is C30H72MoO12P6. The second-order valence-corrected chi connectivity index (χ2v) is 18.4. The van der Waals surface area contributed by atoms with Gasteiger partial charge in [0.1, 0.15) is 0 Å². The van der Waals surface area contributed by atoms with E-state index in [1.807, 2.05) is 0 Å². The van der Waals surface area contributed by atoms with Gasteiger partial charge in [0.2, 0.25) is 0 Å². The third-order valence-electron chi connectivity index (χ3n) is 5.91. The predicted molar refractivity (Wildman–Crippen MR) is 200 cm³/mol. The van der Waals surface area contributed by atoms with Gasteiger partial charge in [-0.3, -0.25) is 0 Å². The molecule has 19 heteroatoms. The van der Waals surface area contributed by atoms with Crippen LogP contribution >= 0.6 is 48.2 Å². The van der Waals surface area contributed by atoms with Gasteiger partial charge in [-0.1, -0.05) is 119 Å². The van der Waals surface area contributed by atoms with Crippen LogP contribution in [-0.2, 0) is 48.5 Å². The Morgan fingerprint density at radius 3 is 0.429 bits per heavy atom. The van der Waals surface area contributed by atoms with Gasteiger partial charge in [-0.2, -0.15) is 0 Å². The van der Waals surface area contributed by atoms with E-state index in [4.69, 9.17) is 0 Å². The molecule has 300 valence electrons. The number of hydrogen-bond acceptors (Lipinski definition) is 12. The Morgan fingerprint density at radius 2 is 0.367 bits per heavy atom. The summed E-state index contributed by atoms with van der Waals surface area (Å²) in [5.41, 5.74) is 0. The second-order valence-electron chi connectivity index (χ2n) is 11.0. The Kier molecular flexibility index (Phi) is 82.9. The van der Waals surface area contributed by atoms with Gasteiger partial charge >= 0.3 is 21.1 Å². The van der Waals surface area contributed by atoms with E-state index in [2.05, 4.69) is 41.5 Å². The van der Waals surface area contributed by atoms with Gasteiger partial charge in [0, 0.05) is 48.2 Å². The van der Waals surface area contributed by atoms with Crippen LogP contribution in [0.3, 0.4) is 0 Å². The zero-order valence-electron chi connectivity index (χ0n) is 31.3. The Bertz CT molecular complexity index is 599. The number of unbranched alkanes of at least 4 members (excludes halogenated alkanes) is 12. The van der Waals surface area contributed by atoms with Gasteiger partial charge < -0.3 is 56.8 Å². The minimum Gasteiger partial charge on any atom is -0.802 e. The molecule has 0 saturated heterocycles. The molecule has 0 N–H and O–H groups in total. The molecule has 0 aromatic heterocycles. The smallest absolute Gasteiger partial charge is 0.802 e. The van der Waals surface area contributed by atoms with Gasteiger partial charge in [0.15, 0.2) is 0 Å². The second kappa shape index (κ2) is 61.8. The molecule has 49 heavy (non-hydrogen) atoms. The van der Waals surface area contributed by atoms with E-state index in [9.17, 15) is 56.8 Å². The molecule has 6 unspecified atom stereocenters. The molecule has 0 saturated carbocycles. The molecule has 0 rings (SSSR count). The maximum Gasteiger partial charge on any atom is 6.00 e. The van der Waals surface area contributed by atoms with Crippen LogP contribution in [0, 0.1) is 0 Å². The van der Waals surface area contributed by atoms with E-state index in [-0.39, 0.29) is 21.1 Å². The van der Waals surface area contributed by atoms with Crippen LogP contribution in [0.2, 0.25) is 0 Å². The van der Waals surface area contributed by atoms with E-state index in [1.165, 1.54) is 0 Å². The fraction of sp³-hybridized carbons (Fsp3) is 1.00. The summed E-state index contributed by atoms with van der Waals surface area (Å²) in [5, 5.41) is 0. The summed E-state index contributed by atoms with van der Waals surface area (Å²) < 4.78 is 59.7. The molecule has 0 fully saturated rings. The van der Waals surface area contributed by atoms with Crippen molar-refractivity contribution in [3.8, 4) is 0 Å². The normalized spacial score (nSPS) is 13.5. The van der Waals surface area contributed by atoms with Gasteiger partial charge in [-0.15, -0.1) is 0 Å². The summed E-state index contributed by atoms with van der Waals surface area (Å²) in [5.74, 6) is 0. The van der Waals surface area contributed by atoms with E-state index >= 15 is 0 Å². The Balaban J connectivity index is -0.0000000860. The van der Waals surface area contributed by atoms with Crippen LogP contribution in [0.25, 0.3) is 0 Å². The minimum atomic E-state index is -2.41. The average molecular weight is 907 g/mol. The molecule has 0 aromatic rings. The molecular weight excluding hydrogens is 834 g/mol. The summed E-state index contributed by atoms with van der Waals surface area (Å²) in [6.07, 6.45) is 20.3. The molecule has 0 amide bonds. The van der Waals surface area contributed by atoms with Crippen molar-refractivity contribution in [2.45, 2.75) is 157 Å². The van der Waals surface area contributed by atoms with Crippen LogP contribution in [0.5, 0.6) is 0 Å². The fourth-order valence-electron chi connectivity index (χ4n) is 3.12. The van der Waals surface area contributed by atoms with E-state index < -0.39 is 48.2 Å². The van der Waals surface area contributed by atoms with Crippen molar-refractivity contribution in [3.63, 3.8) is 0 Å². The first-order valence-electron chi connectivity index (χ1n) is 17.8. The van der Waals surface area contributed by atoms with Crippen LogP contribution in [-0.4, -0.2) is 37.0 Å². The molecule has 12 nitrogen and oxygen atoms in total. The van der Waals surface area contributed by atoms with Crippen LogP contribution < -0.4 is 29.4 Å². The Hall–Kier alpha value is 1.83. The molecule has 0 aliphatic heterocycles. The fourth-order valence-corrected chi connectivity index (χ4v) is 6.35. The average Bonchev–Trinajstić information content (AvgIpc) is 2.99. The Morgan fingerprint density at radius 1 is 0.265 bits per heavy atom. The first-order valence-corrected chi connectivity index (χ1v) is 27.0. The molecule has 0 aromatic carbocycles. The van der Waals surface area contributed by atoms with Crippen molar-refractivity contribution in [3.05, 3.63) is 0 Å². The Labute approximate surface area is 318 Å². The van der Waals surface area contributed by atoms with E-state index in [1.54, 1.807) is 0 Å². The van der Waals surface area contributed by atoms with E-state index in [0.717, 1.165) is 116 Å². The zero-order valence-corrected chi connectivity index (χ0v) is 39.3. The van der Waals surface area contributed by atoms with Crippen molar-refractivity contribution >= 4 is 48.2 Å². The third kappa shape index (κ3) is 113. The van der Waals surface area contributed by atoms with Crippen molar-refractivity contribution < 1.29 is 77.8 Å². The summed E-state index contributed by atoms with van der Waals surface area (Å²) in [4.78, 5) is 59.7. The predicted octanol–water partition coefficient (Wildman–Crippen LogP) is 6.07. The third-order valence-corrected chi connectivity index (χ3v) is 10.5.